The van der Waals surface area contributed by atoms with Gasteiger partial charge in [0.15, 0.2) is 0 Å². The molecule has 0 rings (SSSR count). The van der Waals surface area contributed by atoms with E-state index in [1.165, 1.54) is 0 Å². The summed E-state index contributed by atoms with van der Waals surface area (Å²) in [5.41, 5.74) is 0. The van der Waals surface area contributed by atoms with Gasteiger partial charge in [-0.05, 0) is 0 Å². The van der Waals surface area contributed by atoms with Crippen LogP contribution in [0.1, 0.15) is 0 Å². The average Bonchev–Trinajstić information content (AvgIpc) is 2.16. The minimum Gasteiger partial charge on any atom is -0.811 e. The van der Waals surface area contributed by atoms with E-state index in [9.17, 15) is 0 Å². The predicted molar refractivity (Wildman–Crippen MR) is 41.5 cm³/mol. The normalized spacial score (nSPS) is 3.20. The van der Waals surface area contributed by atoms with Crippen molar-refractivity contribution in [3.8, 4) is 0 Å². The average molecular weight is 288 g/mol. The van der Waals surface area contributed by atoms with Crippen LogP contribution in [-0.2, 0) is 14.4 Å². The van der Waals surface area contributed by atoms with Crippen LogP contribution in [0.2, 0.25) is 0 Å². The van der Waals surface area contributed by atoms with Crippen LogP contribution < -0.4 is 88.7 Å². The fourth-order valence-electron chi connectivity index (χ4n) is 0. The Morgan fingerprint density at radius 3 is 0.733 bits per heavy atom. The van der Waals surface area contributed by atoms with E-state index in [2.05, 4.69) is 0 Å². The Balaban J connectivity index is -0.00000000658. The molecule has 7 nitrogen and oxygen atoms in total. The molecule has 12 heteroatoms. The van der Waals surface area contributed by atoms with Crippen LogP contribution in [0.5, 0.6) is 0 Å². The molecule has 0 unspecified atom stereocenters. The van der Waals surface area contributed by atoms with Gasteiger partial charge in [-0.15, -0.1) is 12.3 Å². The fourth-order valence-corrected chi connectivity index (χ4v) is 0. The molecular weight excluding hydrogens is 281 g/mol. The third-order valence-electron chi connectivity index (χ3n) is 0. The summed E-state index contributed by atoms with van der Waals surface area (Å²) in [5.74, 6) is 0. The maximum atomic E-state index is 8.40. The summed E-state index contributed by atoms with van der Waals surface area (Å²) >= 11 is -1.25. The van der Waals surface area contributed by atoms with E-state index in [1.54, 1.807) is 0 Å². The van der Waals surface area contributed by atoms with E-state index >= 15 is 0 Å². The summed E-state index contributed by atoms with van der Waals surface area (Å²) in [6, 6.07) is 0. The zero-order valence-electron chi connectivity index (χ0n) is 8.83. The smallest absolute Gasteiger partial charge is 0.811 e. The summed E-state index contributed by atoms with van der Waals surface area (Å²) in [6.45, 7) is 6.00. The van der Waals surface area contributed by atoms with Crippen molar-refractivity contribution >= 4 is 45.0 Å². The standard InChI is InChI=1S/3CH2O.3Na.2H2O2S/c3*1-2;;;;2*1-3-2/h3*1H2;;;;2*1-2H/q;;;3*+1;;/p-3. The Hall–Kier alpha value is 2.55. The number of hydrogen-bond acceptors (Lipinski definition) is 9. The minimum absolute atomic E-state index is 0. The van der Waals surface area contributed by atoms with Gasteiger partial charge in [-0.2, -0.15) is 0 Å². The first-order valence-corrected chi connectivity index (χ1v) is 2.91. The molecule has 15 heavy (non-hydrogen) atoms. The summed E-state index contributed by atoms with van der Waals surface area (Å²) in [6.07, 6.45) is 0. The molecule has 0 fully saturated rings. The van der Waals surface area contributed by atoms with E-state index in [1.807, 2.05) is 20.4 Å². The molecule has 0 aliphatic rings. The molecule has 0 aromatic rings. The van der Waals surface area contributed by atoms with Crippen molar-refractivity contribution in [2.45, 2.75) is 0 Å². The first-order valence-electron chi connectivity index (χ1n) is 1.55. The Morgan fingerprint density at radius 1 is 0.733 bits per heavy atom. The predicted octanol–water partition coefficient (Wildman–Crippen LogP) is -9.24. The molecule has 0 saturated carbocycles. The van der Waals surface area contributed by atoms with Crippen molar-refractivity contribution in [1.82, 2.24) is 0 Å². The van der Waals surface area contributed by atoms with E-state index in [0.717, 1.165) is 0 Å². The molecule has 0 spiro atoms. The van der Waals surface area contributed by atoms with Gasteiger partial charge in [0.25, 0.3) is 0 Å². The van der Waals surface area contributed by atoms with Crippen molar-refractivity contribution < 1.29 is 121 Å². The molecule has 0 aliphatic heterocycles. The Labute approximate surface area is 163 Å². The van der Waals surface area contributed by atoms with Gasteiger partial charge in [-0.25, -0.2) is 0 Å². The number of rotatable bonds is 0. The number of carbonyl (C=O) groups is 3. The van der Waals surface area contributed by atoms with Gasteiger partial charge in [-0.1, -0.05) is 0 Å². The molecule has 0 aromatic carbocycles. The van der Waals surface area contributed by atoms with Gasteiger partial charge in [0.05, 0.1) is 0 Å². The third-order valence-corrected chi connectivity index (χ3v) is 0. The molecule has 0 heterocycles. The fraction of sp³-hybridized carbons (Fsp3) is 0. The third kappa shape index (κ3) is 539. The molecule has 0 saturated heterocycles. The van der Waals surface area contributed by atoms with Crippen LogP contribution in [0.25, 0.3) is 0 Å². The molecule has 1 N–H and O–H groups in total. The van der Waals surface area contributed by atoms with E-state index in [-0.39, 0.29) is 88.7 Å². The summed E-state index contributed by atoms with van der Waals surface area (Å²) in [7, 11) is 0. The largest absolute Gasteiger partial charge is 1.00 e. The van der Waals surface area contributed by atoms with Gasteiger partial charge in [0.1, 0.15) is 20.4 Å². The summed E-state index contributed by atoms with van der Waals surface area (Å²) in [4.78, 5) is 24.0. The second-order valence-electron chi connectivity index (χ2n) is 0.143. The maximum absolute atomic E-state index is 8.40. The van der Waals surface area contributed by atoms with Crippen molar-refractivity contribution in [2.24, 2.45) is 0 Å². The first-order chi connectivity index (χ1) is 5.83. The minimum atomic E-state index is -0.750. The van der Waals surface area contributed by atoms with Crippen molar-refractivity contribution in [1.29, 1.82) is 0 Å². The zero-order valence-corrected chi connectivity index (χ0v) is 16.5. The maximum Gasteiger partial charge on any atom is 1.00 e. The molecule has 0 aliphatic carbocycles. The number of carbonyl (C=O) groups excluding carboxylic acids is 3. The van der Waals surface area contributed by atoms with Crippen molar-refractivity contribution in [2.75, 3.05) is 0 Å². The molecular formula is C3H7Na3O7S2. The van der Waals surface area contributed by atoms with Crippen LogP contribution in [0.15, 0.2) is 0 Å². The monoisotopic (exact) mass is 288 g/mol. The van der Waals surface area contributed by atoms with Crippen LogP contribution in [-0.4, -0.2) is 38.6 Å². The van der Waals surface area contributed by atoms with Crippen LogP contribution in [0.4, 0.5) is 0 Å². The SMILES string of the molecule is C=O.C=O.C=O.[Na+].[Na+].[Na+].[O-]SO.[O-]S[O-]. The van der Waals surface area contributed by atoms with Crippen LogP contribution >= 0.6 is 24.6 Å². The van der Waals surface area contributed by atoms with Gasteiger partial charge < -0.3 is 44.9 Å². The van der Waals surface area contributed by atoms with Crippen LogP contribution in [0.3, 0.4) is 0 Å². The quantitative estimate of drug-likeness (QED) is 0.339. The summed E-state index contributed by atoms with van der Waals surface area (Å²) < 4.78 is 31.9. The van der Waals surface area contributed by atoms with Crippen molar-refractivity contribution in [3.63, 3.8) is 0 Å². The van der Waals surface area contributed by atoms with E-state index in [0.29, 0.717) is 0 Å². The second kappa shape index (κ2) is 193. The molecule has 0 radical (unpaired) electrons. The van der Waals surface area contributed by atoms with Crippen molar-refractivity contribution in [3.05, 3.63) is 0 Å². The zero-order chi connectivity index (χ0) is 11.4. The number of hydrogen-bond donors (Lipinski definition) is 1. The molecule has 0 aromatic heterocycles. The Morgan fingerprint density at radius 2 is 0.733 bits per heavy atom. The Kier molecular flexibility index (Phi) is 679. The van der Waals surface area contributed by atoms with Gasteiger partial charge >= 0.3 is 88.7 Å². The van der Waals surface area contributed by atoms with E-state index < -0.39 is 24.6 Å². The van der Waals surface area contributed by atoms with Gasteiger partial charge in [0, 0.05) is 0 Å². The van der Waals surface area contributed by atoms with Gasteiger partial charge in [-0.3, -0.25) is 0 Å². The van der Waals surface area contributed by atoms with Gasteiger partial charge in [0.2, 0.25) is 0 Å². The molecule has 0 amide bonds. The van der Waals surface area contributed by atoms with E-state index in [4.69, 9.17) is 32.6 Å². The second-order valence-corrected chi connectivity index (χ2v) is 0.428. The molecule has 0 atom stereocenters. The van der Waals surface area contributed by atoms with Crippen LogP contribution in [0, 0.1) is 0 Å². The first kappa shape index (κ1) is 52.7. The Bertz CT molecular complexity index is 43.9. The molecule has 0 bridgehead atoms. The summed E-state index contributed by atoms with van der Waals surface area (Å²) in [5, 5.41) is 0. The molecule has 76 valence electrons. The topological polar surface area (TPSA) is 141 Å².